The molecule has 0 aliphatic rings. The standard InChI is InChI=1S/C13H14Cl2N4OS/c1-20-12-3-2-9(14)6-11(12)18-13(21)16-4-5-19-8-10(15)7-17-19/h2-3,6-8H,4-5H2,1H3,(H2,16,18,21). The van der Waals surface area contributed by atoms with Gasteiger partial charge in [-0.3, -0.25) is 4.68 Å². The fourth-order valence-electron chi connectivity index (χ4n) is 1.69. The van der Waals surface area contributed by atoms with Crippen molar-refractivity contribution in [3.8, 4) is 5.75 Å². The molecule has 0 fully saturated rings. The van der Waals surface area contributed by atoms with Crippen LogP contribution in [-0.4, -0.2) is 28.5 Å². The van der Waals surface area contributed by atoms with E-state index in [9.17, 15) is 0 Å². The summed E-state index contributed by atoms with van der Waals surface area (Å²) < 4.78 is 6.97. The van der Waals surface area contributed by atoms with E-state index >= 15 is 0 Å². The van der Waals surface area contributed by atoms with Gasteiger partial charge in [0.05, 0.1) is 30.6 Å². The Morgan fingerprint density at radius 1 is 1.38 bits per heavy atom. The van der Waals surface area contributed by atoms with Gasteiger partial charge in [0.15, 0.2) is 5.11 Å². The zero-order valence-corrected chi connectivity index (χ0v) is 13.6. The Balaban J connectivity index is 1.85. The molecule has 5 nitrogen and oxygen atoms in total. The highest BCUT2D eigenvalue weighted by molar-refractivity contribution is 7.80. The Morgan fingerprint density at radius 2 is 2.19 bits per heavy atom. The van der Waals surface area contributed by atoms with E-state index in [1.54, 1.807) is 42.4 Å². The van der Waals surface area contributed by atoms with E-state index < -0.39 is 0 Å². The van der Waals surface area contributed by atoms with E-state index in [0.29, 0.717) is 39.7 Å². The normalized spacial score (nSPS) is 10.2. The Hall–Kier alpha value is -1.50. The second kappa shape index (κ2) is 7.49. The minimum absolute atomic E-state index is 0.480. The van der Waals surface area contributed by atoms with Gasteiger partial charge in [0.2, 0.25) is 0 Å². The molecule has 2 N–H and O–H groups in total. The third-order valence-electron chi connectivity index (χ3n) is 2.64. The second-order valence-corrected chi connectivity index (χ2v) is 5.43. The zero-order chi connectivity index (χ0) is 15.2. The Morgan fingerprint density at radius 3 is 2.86 bits per heavy atom. The lowest BCUT2D eigenvalue weighted by Gasteiger charge is -2.13. The van der Waals surface area contributed by atoms with Crippen molar-refractivity contribution in [1.29, 1.82) is 0 Å². The molecule has 2 rings (SSSR count). The Kier molecular flexibility index (Phi) is 5.67. The van der Waals surface area contributed by atoms with Crippen LogP contribution in [0.5, 0.6) is 5.75 Å². The van der Waals surface area contributed by atoms with Crippen molar-refractivity contribution in [2.75, 3.05) is 19.0 Å². The first-order valence-corrected chi connectivity index (χ1v) is 7.31. The summed E-state index contributed by atoms with van der Waals surface area (Å²) in [4.78, 5) is 0. The quantitative estimate of drug-likeness (QED) is 0.815. The molecule has 0 bridgehead atoms. The lowest BCUT2D eigenvalue weighted by atomic mass is 10.3. The number of nitrogens with one attached hydrogen (secondary N) is 2. The minimum Gasteiger partial charge on any atom is -0.495 e. The van der Waals surface area contributed by atoms with Crippen LogP contribution in [0.3, 0.4) is 0 Å². The number of methoxy groups -OCH3 is 1. The molecule has 0 saturated heterocycles. The van der Waals surface area contributed by atoms with E-state index in [4.69, 9.17) is 40.2 Å². The van der Waals surface area contributed by atoms with Gasteiger partial charge in [0, 0.05) is 17.8 Å². The topological polar surface area (TPSA) is 51.1 Å². The largest absolute Gasteiger partial charge is 0.495 e. The van der Waals surface area contributed by atoms with E-state index in [1.807, 2.05) is 0 Å². The predicted octanol–water partition coefficient (Wildman–Crippen LogP) is 3.19. The second-order valence-electron chi connectivity index (χ2n) is 4.15. The van der Waals surface area contributed by atoms with Gasteiger partial charge in [-0.15, -0.1) is 0 Å². The number of hydrogen-bond donors (Lipinski definition) is 2. The molecule has 1 heterocycles. The van der Waals surface area contributed by atoms with E-state index in [-0.39, 0.29) is 0 Å². The molecule has 112 valence electrons. The molecule has 8 heteroatoms. The number of hydrogen-bond acceptors (Lipinski definition) is 3. The molecule has 0 unspecified atom stereocenters. The summed E-state index contributed by atoms with van der Waals surface area (Å²) in [5.41, 5.74) is 0.713. The van der Waals surface area contributed by atoms with Crippen LogP contribution in [0, 0.1) is 0 Å². The molecule has 0 aliphatic heterocycles. The highest BCUT2D eigenvalue weighted by Crippen LogP contribution is 2.27. The first-order valence-electron chi connectivity index (χ1n) is 6.15. The molecular weight excluding hydrogens is 331 g/mol. The van der Waals surface area contributed by atoms with Gasteiger partial charge in [-0.1, -0.05) is 23.2 Å². The lowest BCUT2D eigenvalue weighted by molar-refractivity contribution is 0.417. The number of benzene rings is 1. The number of nitrogens with zero attached hydrogens (tertiary/aromatic N) is 2. The molecule has 0 atom stereocenters. The van der Waals surface area contributed by atoms with Crippen molar-refractivity contribution in [3.05, 3.63) is 40.6 Å². The number of ether oxygens (including phenoxy) is 1. The SMILES string of the molecule is COc1ccc(Cl)cc1NC(=S)NCCn1cc(Cl)cn1. The molecule has 1 aromatic heterocycles. The molecule has 0 spiro atoms. The summed E-state index contributed by atoms with van der Waals surface area (Å²) in [5, 5.41) is 11.9. The smallest absolute Gasteiger partial charge is 0.170 e. The number of thiocarbonyl (C=S) groups is 1. The van der Waals surface area contributed by atoms with Gasteiger partial charge in [-0.2, -0.15) is 5.10 Å². The highest BCUT2D eigenvalue weighted by atomic mass is 35.5. The summed E-state index contributed by atoms with van der Waals surface area (Å²) in [6.45, 7) is 1.27. The fourth-order valence-corrected chi connectivity index (χ4v) is 2.23. The number of aromatic nitrogens is 2. The minimum atomic E-state index is 0.480. The zero-order valence-electron chi connectivity index (χ0n) is 11.3. The molecule has 1 aromatic carbocycles. The number of rotatable bonds is 5. The molecular formula is C13H14Cl2N4OS. The third kappa shape index (κ3) is 4.77. The van der Waals surface area contributed by atoms with Crippen LogP contribution in [0.15, 0.2) is 30.6 Å². The monoisotopic (exact) mass is 344 g/mol. The molecule has 2 aromatic rings. The average Bonchev–Trinajstić information content (AvgIpc) is 2.85. The maximum absolute atomic E-state index is 5.96. The third-order valence-corrected chi connectivity index (χ3v) is 3.31. The van der Waals surface area contributed by atoms with Crippen molar-refractivity contribution in [1.82, 2.24) is 15.1 Å². The van der Waals surface area contributed by atoms with E-state index in [2.05, 4.69) is 15.7 Å². The maximum Gasteiger partial charge on any atom is 0.170 e. The van der Waals surface area contributed by atoms with Gasteiger partial charge in [0.25, 0.3) is 0 Å². The molecule has 0 amide bonds. The van der Waals surface area contributed by atoms with E-state index in [1.165, 1.54) is 0 Å². The molecule has 0 radical (unpaired) electrons. The van der Waals surface area contributed by atoms with Crippen LogP contribution in [0.2, 0.25) is 10.0 Å². The number of anilines is 1. The Labute approximate surface area is 138 Å². The lowest BCUT2D eigenvalue weighted by Crippen LogP contribution is -2.31. The van der Waals surface area contributed by atoms with Crippen LogP contribution in [0.25, 0.3) is 0 Å². The maximum atomic E-state index is 5.96. The van der Waals surface area contributed by atoms with E-state index in [0.717, 1.165) is 0 Å². The van der Waals surface area contributed by atoms with Gasteiger partial charge in [-0.05, 0) is 30.4 Å². The van der Waals surface area contributed by atoms with Crippen LogP contribution in [-0.2, 0) is 6.54 Å². The molecule has 0 saturated carbocycles. The first kappa shape index (κ1) is 15.9. The van der Waals surface area contributed by atoms with Crippen LogP contribution in [0.1, 0.15) is 0 Å². The summed E-state index contributed by atoms with van der Waals surface area (Å²) in [5.74, 6) is 0.669. The summed E-state index contributed by atoms with van der Waals surface area (Å²) >= 11 is 17.0. The predicted molar refractivity (Wildman–Crippen MR) is 89.5 cm³/mol. The van der Waals surface area contributed by atoms with Crippen LogP contribution >= 0.6 is 35.4 Å². The van der Waals surface area contributed by atoms with Crippen LogP contribution in [0.4, 0.5) is 5.69 Å². The van der Waals surface area contributed by atoms with Gasteiger partial charge >= 0.3 is 0 Å². The summed E-state index contributed by atoms with van der Waals surface area (Å²) in [7, 11) is 1.59. The van der Waals surface area contributed by atoms with Gasteiger partial charge in [0.1, 0.15) is 5.75 Å². The van der Waals surface area contributed by atoms with Crippen LogP contribution < -0.4 is 15.4 Å². The van der Waals surface area contributed by atoms with Crippen molar-refractivity contribution < 1.29 is 4.74 Å². The fraction of sp³-hybridized carbons (Fsp3) is 0.231. The average molecular weight is 345 g/mol. The van der Waals surface area contributed by atoms with Crippen molar-refractivity contribution in [2.45, 2.75) is 6.54 Å². The summed E-state index contributed by atoms with van der Waals surface area (Å²) in [6.07, 6.45) is 3.34. The molecule has 0 aliphatic carbocycles. The molecule has 21 heavy (non-hydrogen) atoms. The Bertz CT molecular complexity index is 632. The first-order chi connectivity index (χ1) is 10.1. The summed E-state index contributed by atoms with van der Waals surface area (Å²) in [6, 6.07) is 5.28. The van der Waals surface area contributed by atoms with Gasteiger partial charge < -0.3 is 15.4 Å². The number of halogens is 2. The highest BCUT2D eigenvalue weighted by Gasteiger charge is 2.05. The van der Waals surface area contributed by atoms with Crippen molar-refractivity contribution >= 4 is 46.2 Å². The van der Waals surface area contributed by atoms with Crippen molar-refractivity contribution in [3.63, 3.8) is 0 Å². The van der Waals surface area contributed by atoms with Crippen molar-refractivity contribution in [2.24, 2.45) is 0 Å². The van der Waals surface area contributed by atoms with Gasteiger partial charge in [-0.25, -0.2) is 0 Å².